The van der Waals surface area contributed by atoms with E-state index in [4.69, 9.17) is 4.74 Å². The molecule has 0 N–H and O–H groups in total. The average molecular weight is 450 g/mol. The van der Waals surface area contributed by atoms with Crippen molar-refractivity contribution in [3.8, 4) is 6.01 Å². The number of carbonyl (C=O) groups is 1. The summed E-state index contributed by atoms with van der Waals surface area (Å²) in [6.07, 6.45) is 3.25. The van der Waals surface area contributed by atoms with E-state index in [-0.39, 0.29) is 24.0 Å². The fourth-order valence-corrected chi connectivity index (χ4v) is 5.84. The van der Waals surface area contributed by atoms with Gasteiger partial charge in [0.1, 0.15) is 18.2 Å². The molecular formula is C19H27N7O4S. The van der Waals surface area contributed by atoms with Gasteiger partial charge >= 0.3 is 11.7 Å². The van der Waals surface area contributed by atoms with E-state index in [0.717, 1.165) is 29.6 Å². The number of nitrogens with zero attached hydrogens (tertiary/aromatic N) is 7. The van der Waals surface area contributed by atoms with Gasteiger partial charge in [-0.2, -0.15) is 14.4 Å². The summed E-state index contributed by atoms with van der Waals surface area (Å²) in [6.45, 7) is 3.31. The lowest BCUT2D eigenvalue weighted by Gasteiger charge is -2.21. The molecule has 12 heteroatoms. The predicted molar refractivity (Wildman–Crippen MR) is 115 cm³/mol. The molecule has 4 heterocycles. The van der Waals surface area contributed by atoms with Crippen LogP contribution in [0.3, 0.4) is 0 Å². The number of fused-ring (bicyclic) bond motifs is 1. The maximum atomic E-state index is 13.3. The molecule has 1 unspecified atom stereocenters. The first kappa shape index (κ1) is 21.5. The van der Waals surface area contributed by atoms with Gasteiger partial charge in [-0.25, -0.2) is 18.7 Å². The molecule has 31 heavy (non-hydrogen) atoms. The average Bonchev–Trinajstić information content (AvgIpc) is 2.91. The number of anilines is 1. The molecule has 0 aromatic carbocycles. The third kappa shape index (κ3) is 4.78. The Bertz CT molecular complexity index is 1160. The van der Waals surface area contributed by atoms with E-state index < -0.39 is 15.6 Å². The molecule has 2 aliphatic rings. The summed E-state index contributed by atoms with van der Waals surface area (Å²) in [7, 11) is -1.20. The molecular weight excluding hydrogens is 422 g/mol. The van der Waals surface area contributed by atoms with E-state index in [2.05, 4.69) is 19.4 Å². The maximum Gasteiger partial charge on any atom is 0.346 e. The van der Waals surface area contributed by atoms with Gasteiger partial charge in [-0.1, -0.05) is 0 Å². The van der Waals surface area contributed by atoms with Crippen molar-refractivity contribution in [3.63, 3.8) is 0 Å². The molecule has 0 spiro atoms. The third-order valence-corrected chi connectivity index (χ3v) is 7.77. The SMILES string of the molecule is COc1nc(C)cc(N2CCCS(=O)(=NC(=O)Cn3nc4n(c3=O)CCCC4)CC2)n1. The van der Waals surface area contributed by atoms with Crippen LogP contribution in [-0.4, -0.2) is 66.1 Å². The largest absolute Gasteiger partial charge is 0.467 e. The Morgan fingerprint density at radius 3 is 2.81 bits per heavy atom. The van der Waals surface area contributed by atoms with Crippen LogP contribution in [0, 0.1) is 6.92 Å². The number of carbonyl (C=O) groups excluding carboxylic acids is 1. The summed E-state index contributed by atoms with van der Waals surface area (Å²) in [4.78, 5) is 35.5. The molecule has 1 saturated heterocycles. The highest BCUT2D eigenvalue weighted by Gasteiger charge is 2.23. The number of hydrogen-bond acceptors (Lipinski definition) is 8. The van der Waals surface area contributed by atoms with Gasteiger partial charge in [0.25, 0.3) is 5.91 Å². The van der Waals surface area contributed by atoms with Crippen LogP contribution in [0.1, 0.15) is 30.8 Å². The van der Waals surface area contributed by atoms with E-state index in [1.165, 1.54) is 7.11 Å². The van der Waals surface area contributed by atoms with Crippen molar-refractivity contribution < 1.29 is 13.7 Å². The molecule has 2 aliphatic heterocycles. The van der Waals surface area contributed by atoms with Crippen LogP contribution in [0.2, 0.25) is 0 Å². The van der Waals surface area contributed by atoms with Gasteiger partial charge in [0, 0.05) is 49.3 Å². The summed E-state index contributed by atoms with van der Waals surface area (Å²) < 4.78 is 25.2. The van der Waals surface area contributed by atoms with Crippen LogP contribution in [0.25, 0.3) is 0 Å². The van der Waals surface area contributed by atoms with Gasteiger partial charge < -0.3 is 9.64 Å². The molecule has 1 atom stereocenters. The molecule has 0 bridgehead atoms. The zero-order valence-electron chi connectivity index (χ0n) is 17.8. The molecule has 168 valence electrons. The van der Waals surface area contributed by atoms with E-state index in [0.29, 0.717) is 43.5 Å². The smallest absolute Gasteiger partial charge is 0.346 e. The second-order valence-electron chi connectivity index (χ2n) is 7.83. The first-order valence-electron chi connectivity index (χ1n) is 10.4. The quantitative estimate of drug-likeness (QED) is 0.657. The molecule has 0 aliphatic carbocycles. The Hall–Kier alpha value is -2.76. The Morgan fingerprint density at radius 1 is 1.19 bits per heavy atom. The van der Waals surface area contributed by atoms with Crippen molar-refractivity contribution in [3.05, 3.63) is 28.1 Å². The van der Waals surface area contributed by atoms with Crippen LogP contribution in [0.15, 0.2) is 15.2 Å². The maximum absolute atomic E-state index is 13.3. The zero-order valence-corrected chi connectivity index (χ0v) is 18.6. The van der Waals surface area contributed by atoms with Crippen molar-refractivity contribution in [1.82, 2.24) is 24.3 Å². The number of hydrogen-bond donors (Lipinski definition) is 0. The summed E-state index contributed by atoms with van der Waals surface area (Å²) in [5.41, 5.74) is 0.480. The molecule has 2 aromatic heterocycles. The van der Waals surface area contributed by atoms with Gasteiger partial charge in [-0.15, -0.1) is 0 Å². The first-order valence-corrected chi connectivity index (χ1v) is 12.3. The number of rotatable bonds is 4. The highest BCUT2D eigenvalue weighted by atomic mass is 32.2. The molecule has 11 nitrogen and oxygen atoms in total. The molecule has 0 saturated carbocycles. The van der Waals surface area contributed by atoms with Crippen molar-refractivity contribution in [2.45, 2.75) is 45.7 Å². The predicted octanol–water partition coefficient (Wildman–Crippen LogP) is 0.393. The number of aryl methyl sites for hydroxylation is 2. The van der Waals surface area contributed by atoms with Crippen LogP contribution < -0.4 is 15.3 Å². The number of aromatic nitrogens is 5. The highest BCUT2D eigenvalue weighted by Crippen LogP contribution is 2.19. The van der Waals surface area contributed by atoms with Crippen LogP contribution in [0.5, 0.6) is 6.01 Å². The Kier molecular flexibility index (Phi) is 6.08. The summed E-state index contributed by atoms with van der Waals surface area (Å²) in [5.74, 6) is 1.41. The van der Waals surface area contributed by atoms with Gasteiger partial charge in [0.15, 0.2) is 0 Å². The first-order chi connectivity index (χ1) is 14.9. The standard InChI is InChI=1S/C19H27N7O4S/c1-14-12-16(21-18(20-14)30-2)24-7-5-10-31(29,11-9-24)23-17(27)13-26-19(28)25-8-4-3-6-15(25)22-26/h12H,3-11,13H2,1-2H3. The summed E-state index contributed by atoms with van der Waals surface area (Å²) in [6, 6.07) is 2.14. The lowest BCUT2D eigenvalue weighted by molar-refractivity contribution is -0.118. The Balaban J connectivity index is 1.48. The van der Waals surface area contributed by atoms with Crippen molar-refractivity contribution in [1.29, 1.82) is 0 Å². The normalized spacial score (nSPS) is 21.3. The van der Waals surface area contributed by atoms with E-state index in [9.17, 15) is 13.8 Å². The van der Waals surface area contributed by atoms with Crippen molar-refractivity contribution in [2.75, 3.05) is 36.6 Å². The minimum absolute atomic E-state index is 0.249. The summed E-state index contributed by atoms with van der Waals surface area (Å²) >= 11 is 0. The van der Waals surface area contributed by atoms with E-state index in [1.807, 2.05) is 17.9 Å². The third-order valence-electron chi connectivity index (χ3n) is 5.48. The second-order valence-corrected chi connectivity index (χ2v) is 10.4. The van der Waals surface area contributed by atoms with Crippen LogP contribution >= 0.6 is 0 Å². The zero-order chi connectivity index (χ0) is 22.0. The topological polar surface area (TPSA) is 125 Å². The highest BCUT2D eigenvalue weighted by molar-refractivity contribution is 7.93. The molecule has 4 rings (SSSR count). The Labute approximate surface area is 180 Å². The van der Waals surface area contributed by atoms with Gasteiger partial charge in [0.2, 0.25) is 0 Å². The van der Waals surface area contributed by atoms with Crippen molar-refractivity contribution in [2.24, 2.45) is 4.36 Å². The van der Waals surface area contributed by atoms with Gasteiger partial charge in [0.05, 0.1) is 16.8 Å². The fourth-order valence-electron chi connectivity index (χ4n) is 3.94. The van der Waals surface area contributed by atoms with Gasteiger partial charge in [-0.05, 0) is 26.2 Å². The number of amides is 1. The minimum atomic E-state index is -2.72. The van der Waals surface area contributed by atoms with Gasteiger partial charge in [-0.3, -0.25) is 9.36 Å². The van der Waals surface area contributed by atoms with Crippen molar-refractivity contribution >= 4 is 21.5 Å². The monoisotopic (exact) mass is 449 g/mol. The second kappa shape index (κ2) is 8.77. The fraction of sp³-hybridized carbons (Fsp3) is 0.632. The summed E-state index contributed by atoms with van der Waals surface area (Å²) in [5, 5.41) is 4.26. The lowest BCUT2D eigenvalue weighted by atomic mass is 10.2. The molecule has 0 radical (unpaired) electrons. The lowest BCUT2D eigenvalue weighted by Crippen LogP contribution is -2.29. The molecule has 1 fully saturated rings. The molecule has 1 amide bonds. The number of methoxy groups -OCH3 is 1. The van der Waals surface area contributed by atoms with Crippen LogP contribution in [-0.2, 0) is 34.0 Å². The number of ether oxygens (including phenoxy) is 1. The Morgan fingerprint density at radius 2 is 2.03 bits per heavy atom. The minimum Gasteiger partial charge on any atom is -0.467 e. The van der Waals surface area contributed by atoms with E-state index in [1.54, 1.807) is 4.57 Å². The molecule has 2 aromatic rings. The van der Waals surface area contributed by atoms with Crippen LogP contribution in [0.4, 0.5) is 5.82 Å². The van der Waals surface area contributed by atoms with E-state index >= 15 is 0 Å².